The van der Waals surface area contributed by atoms with Crippen molar-refractivity contribution in [3.05, 3.63) is 87.9 Å². The number of halogens is 1. The fourth-order valence-corrected chi connectivity index (χ4v) is 4.05. The van der Waals surface area contributed by atoms with Crippen LogP contribution in [0.1, 0.15) is 22.3 Å². The molecule has 3 rings (SSSR count). The van der Waals surface area contributed by atoms with Crippen LogP contribution < -0.4 is 19.9 Å². The molecule has 0 unspecified atom stereocenters. The van der Waals surface area contributed by atoms with E-state index >= 15 is 0 Å². The van der Waals surface area contributed by atoms with Crippen LogP contribution >= 0.6 is 11.6 Å². The van der Waals surface area contributed by atoms with Gasteiger partial charge in [0, 0.05) is 6.54 Å². The maximum Gasteiger partial charge on any atom is 0.238 e. The molecule has 0 atom stereocenters. The van der Waals surface area contributed by atoms with Gasteiger partial charge in [0.05, 0.1) is 17.0 Å². The molecule has 0 saturated heterocycles. The van der Waals surface area contributed by atoms with E-state index in [2.05, 4.69) is 5.32 Å². The highest BCUT2D eigenvalue weighted by molar-refractivity contribution is 7.89. The van der Waals surface area contributed by atoms with Crippen LogP contribution in [0.5, 0.6) is 11.5 Å². The number of aryl methyl sites for hydroxylation is 1. The number of hydrogen-bond acceptors (Lipinski definition) is 5. The van der Waals surface area contributed by atoms with Gasteiger partial charge in [-0.25, -0.2) is 13.6 Å². The summed E-state index contributed by atoms with van der Waals surface area (Å²) in [6.07, 6.45) is 0.743. The van der Waals surface area contributed by atoms with Crippen LogP contribution in [0.4, 0.5) is 0 Å². The van der Waals surface area contributed by atoms with Crippen LogP contribution in [0.3, 0.4) is 0 Å². The number of hydrogen-bond donors (Lipinski definition) is 2. The van der Waals surface area contributed by atoms with Crippen LogP contribution in [-0.2, 0) is 29.6 Å². The van der Waals surface area contributed by atoms with Crippen LogP contribution in [0.2, 0.25) is 5.02 Å². The summed E-state index contributed by atoms with van der Waals surface area (Å²) in [7, 11) is -2.08. The van der Waals surface area contributed by atoms with E-state index in [1.54, 1.807) is 19.2 Å². The minimum Gasteiger partial charge on any atom is -0.493 e. The summed E-state index contributed by atoms with van der Waals surface area (Å²) in [4.78, 5) is 0.112. The maximum absolute atomic E-state index is 11.3. The fraction of sp³-hybridized carbons (Fsp3) is 0.250. The van der Waals surface area contributed by atoms with E-state index < -0.39 is 10.0 Å². The van der Waals surface area contributed by atoms with Crippen molar-refractivity contribution in [2.45, 2.75) is 31.4 Å². The molecule has 0 radical (unpaired) electrons. The summed E-state index contributed by atoms with van der Waals surface area (Å²) in [6, 6.07) is 18.4. The number of benzene rings is 3. The molecule has 3 N–H and O–H groups in total. The highest BCUT2D eigenvalue weighted by Crippen LogP contribution is 2.37. The second-order valence-corrected chi connectivity index (χ2v) is 9.41. The Balaban J connectivity index is 1.57. The summed E-state index contributed by atoms with van der Waals surface area (Å²) in [6.45, 7) is 3.76. The van der Waals surface area contributed by atoms with Crippen molar-refractivity contribution in [2.75, 3.05) is 13.7 Å². The van der Waals surface area contributed by atoms with Crippen molar-refractivity contribution in [3.8, 4) is 11.5 Å². The molecular weight excluding hydrogens is 448 g/mol. The van der Waals surface area contributed by atoms with Crippen molar-refractivity contribution in [2.24, 2.45) is 5.14 Å². The van der Waals surface area contributed by atoms with Crippen LogP contribution in [0.15, 0.2) is 65.6 Å². The largest absolute Gasteiger partial charge is 0.493 e. The van der Waals surface area contributed by atoms with Gasteiger partial charge in [-0.05, 0) is 66.4 Å². The molecule has 0 fully saturated rings. The van der Waals surface area contributed by atoms with Crippen molar-refractivity contribution in [3.63, 3.8) is 0 Å². The molecule has 8 heteroatoms. The molecule has 0 amide bonds. The lowest BCUT2D eigenvalue weighted by Crippen LogP contribution is -2.17. The number of nitrogens with one attached hydrogen (secondary N) is 1. The van der Waals surface area contributed by atoms with Gasteiger partial charge in [-0.1, -0.05) is 48.0 Å². The Kier molecular flexibility index (Phi) is 8.15. The molecule has 3 aromatic carbocycles. The lowest BCUT2D eigenvalue weighted by molar-refractivity contribution is 0.284. The third kappa shape index (κ3) is 6.46. The number of ether oxygens (including phenoxy) is 2. The summed E-state index contributed by atoms with van der Waals surface area (Å²) in [5.74, 6) is 1.11. The molecule has 0 aliphatic heterocycles. The zero-order valence-electron chi connectivity index (χ0n) is 18.1. The smallest absolute Gasteiger partial charge is 0.238 e. The quantitative estimate of drug-likeness (QED) is 0.429. The summed E-state index contributed by atoms with van der Waals surface area (Å²) >= 11 is 6.49. The lowest BCUT2D eigenvalue weighted by Gasteiger charge is -2.15. The molecule has 0 aliphatic rings. The summed E-state index contributed by atoms with van der Waals surface area (Å²) in [5.41, 5.74) is 4.23. The van der Waals surface area contributed by atoms with Crippen LogP contribution in [0, 0.1) is 6.92 Å². The van der Waals surface area contributed by atoms with Gasteiger partial charge in [-0.2, -0.15) is 0 Å². The number of sulfonamides is 1. The Morgan fingerprint density at radius 1 is 1.03 bits per heavy atom. The van der Waals surface area contributed by atoms with Gasteiger partial charge >= 0.3 is 0 Å². The van der Waals surface area contributed by atoms with Crippen molar-refractivity contribution in [1.82, 2.24) is 5.32 Å². The van der Waals surface area contributed by atoms with E-state index in [1.807, 2.05) is 43.3 Å². The first-order valence-electron chi connectivity index (χ1n) is 10.1. The molecule has 0 saturated carbocycles. The zero-order chi connectivity index (χ0) is 23.1. The molecule has 6 nitrogen and oxygen atoms in total. The highest BCUT2D eigenvalue weighted by Gasteiger charge is 2.13. The average Bonchev–Trinajstić information content (AvgIpc) is 2.76. The second kappa shape index (κ2) is 10.8. The van der Waals surface area contributed by atoms with Crippen molar-refractivity contribution < 1.29 is 17.9 Å². The van der Waals surface area contributed by atoms with E-state index in [0.29, 0.717) is 36.2 Å². The molecule has 3 aromatic rings. The second-order valence-electron chi connectivity index (χ2n) is 7.44. The molecular formula is C24H27ClN2O4S. The van der Waals surface area contributed by atoms with E-state index in [0.717, 1.165) is 28.7 Å². The standard InChI is InChI=1S/C24H27ClN2O4S/c1-17-5-3-4-6-20(17)16-31-24-22(25)13-19(14-23(24)30-2)15-27-12-11-18-7-9-21(10-8-18)32(26,28)29/h3-10,13-14,27H,11-12,15-16H2,1-2H3,(H2,26,28,29). The Hall–Kier alpha value is -2.58. The molecule has 0 aromatic heterocycles. The molecule has 32 heavy (non-hydrogen) atoms. The highest BCUT2D eigenvalue weighted by atomic mass is 35.5. The first-order valence-corrected chi connectivity index (χ1v) is 12.1. The van der Waals surface area contributed by atoms with Gasteiger partial charge in [0.15, 0.2) is 11.5 Å². The predicted molar refractivity (Wildman–Crippen MR) is 127 cm³/mol. The van der Waals surface area contributed by atoms with Gasteiger partial charge in [-0.3, -0.25) is 0 Å². The summed E-state index contributed by atoms with van der Waals surface area (Å²) in [5, 5.41) is 8.98. The number of methoxy groups -OCH3 is 1. The molecule has 170 valence electrons. The van der Waals surface area contributed by atoms with Crippen molar-refractivity contribution in [1.29, 1.82) is 0 Å². The Labute approximate surface area is 194 Å². The third-order valence-corrected chi connectivity index (χ3v) is 6.30. The Morgan fingerprint density at radius 3 is 2.41 bits per heavy atom. The number of primary sulfonamides is 1. The first-order chi connectivity index (χ1) is 15.3. The van der Waals surface area contributed by atoms with E-state index in [1.165, 1.54) is 12.1 Å². The van der Waals surface area contributed by atoms with Gasteiger partial charge in [-0.15, -0.1) is 0 Å². The number of rotatable bonds is 10. The third-order valence-electron chi connectivity index (χ3n) is 5.09. The molecule has 0 bridgehead atoms. The van der Waals surface area contributed by atoms with E-state index in [4.69, 9.17) is 26.2 Å². The minimum absolute atomic E-state index is 0.112. The fourth-order valence-electron chi connectivity index (χ4n) is 3.25. The van der Waals surface area contributed by atoms with E-state index in [9.17, 15) is 8.42 Å². The van der Waals surface area contributed by atoms with Gasteiger partial charge in [0.2, 0.25) is 10.0 Å². The monoisotopic (exact) mass is 474 g/mol. The number of nitrogens with two attached hydrogens (primary N) is 1. The average molecular weight is 475 g/mol. The SMILES string of the molecule is COc1cc(CNCCc2ccc(S(N)(=O)=O)cc2)cc(Cl)c1OCc1ccccc1C. The van der Waals surface area contributed by atoms with Gasteiger partial charge in [0.1, 0.15) is 6.61 Å². The minimum atomic E-state index is -3.67. The summed E-state index contributed by atoms with van der Waals surface area (Å²) < 4.78 is 34.1. The van der Waals surface area contributed by atoms with Gasteiger partial charge < -0.3 is 14.8 Å². The zero-order valence-corrected chi connectivity index (χ0v) is 19.7. The lowest BCUT2D eigenvalue weighted by atomic mass is 10.1. The predicted octanol–water partition coefficient (Wildman–Crippen LogP) is 4.22. The Bertz CT molecular complexity index is 1170. The maximum atomic E-state index is 11.3. The molecule has 0 spiro atoms. The van der Waals surface area contributed by atoms with Crippen LogP contribution in [-0.4, -0.2) is 22.1 Å². The molecule has 0 aliphatic carbocycles. The molecule has 0 heterocycles. The van der Waals surface area contributed by atoms with E-state index in [-0.39, 0.29) is 4.90 Å². The topological polar surface area (TPSA) is 90.6 Å². The van der Waals surface area contributed by atoms with Crippen LogP contribution in [0.25, 0.3) is 0 Å². The van der Waals surface area contributed by atoms with Crippen molar-refractivity contribution >= 4 is 21.6 Å². The normalized spacial score (nSPS) is 11.4. The van der Waals surface area contributed by atoms with Gasteiger partial charge in [0.25, 0.3) is 0 Å². The Morgan fingerprint density at radius 2 is 1.75 bits per heavy atom. The first kappa shape index (κ1) is 24.1.